The molecule has 1 atom stereocenters. The molecule has 2 rings (SSSR count). The van der Waals surface area contributed by atoms with Crippen LogP contribution in [0.3, 0.4) is 0 Å². The molecule has 0 radical (unpaired) electrons. The smallest absolute Gasteiger partial charge is 0.0870 e. The molecule has 0 spiro atoms. The normalized spacial score (nSPS) is 20.1. The third kappa shape index (κ3) is 3.31. The molecule has 1 aromatic heterocycles. The summed E-state index contributed by atoms with van der Waals surface area (Å²) in [5, 5.41) is 10.9. The van der Waals surface area contributed by atoms with Gasteiger partial charge in [-0.1, -0.05) is 6.07 Å². The molecule has 1 aliphatic heterocycles. The van der Waals surface area contributed by atoms with Gasteiger partial charge in [0, 0.05) is 24.6 Å². The van der Waals surface area contributed by atoms with Crippen LogP contribution in [0.4, 0.5) is 0 Å². The number of nitriles is 1. The number of nitrogens with zero attached hydrogens (tertiary/aromatic N) is 2. The molecule has 3 nitrogen and oxygen atoms in total. The predicted molar refractivity (Wildman–Crippen MR) is 64.2 cm³/mol. The van der Waals surface area contributed by atoms with Gasteiger partial charge >= 0.3 is 0 Å². The molecule has 0 amide bonds. The van der Waals surface area contributed by atoms with Crippen molar-refractivity contribution < 1.29 is 4.74 Å². The van der Waals surface area contributed by atoms with E-state index in [1.807, 2.05) is 0 Å². The highest BCUT2D eigenvalue weighted by Crippen LogP contribution is 2.16. The molecular weight excluding hydrogens is 220 g/mol. The van der Waals surface area contributed by atoms with Crippen LogP contribution in [0.2, 0.25) is 0 Å². The van der Waals surface area contributed by atoms with E-state index in [4.69, 9.17) is 10.00 Å². The lowest BCUT2D eigenvalue weighted by Gasteiger charge is -2.21. The van der Waals surface area contributed by atoms with Crippen LogP contribution in [0.1, 0.15) is 17.7 Å². The van der Waals surface area contributed by atoms with Crippen LogP contribution in [0.25, 0.3) is 0 Å². The first kappa shape index (κ1) is 11.6. The molecule has 2 heterocycles. The second kappa shape index (κ2) is 6.00. The van der Waals surface area contributed by atoms with Crippen molar-refractivity contribution >= 4 is 11.3 Å². The minimum atomic E-state index is 0.327. The van der Waals surface area contributed by atoms with Crippen LogP contribution in [0.15, 0.2) is 17.5 Å². The van der Waals surface area contributed by atoms with Crippen LogP contribution in [-0.2, 0) is 11.3 Å². The summed E-state index contributed by atoms with van der Waals surface area (Å²) in [5.41, 5.74) is 0. The standard InChI is InChI=1S/C12H16N2OS/c13-5-6-14(9-11-3-1-7-15-11)10-12-4-2-8-16-12/h2,4,8,11H,1,3,6-7,9-10H2. The molecule has 1 fully saturated rings. The van der Waals surface area contributed by atoms with Gasteiger partial charge in [0.2, 0.25) is 0 Å². The fourth-order valence-electron chi connectivity index (χ4n) is 1.98. The van der Waals surface area contributed by atoms with Crippen molar-refractivity contribution in [3.63, 3.8) is 0 Å². The average Bonchev–Trinajstić information content (AvgIpc) is 2.91. The molecule has 0 N–H and O–H groups in total. The Morgan fingerprint density at radius 3 is 3.19 bits per heavy atom. The molecule has 86 valence electrons. The molecule has 1 saturated heterocycles. The highest BCUT2D eigenvalue weighted by atomic mass is 32.1. The Hall–Kier alpha value is -0.890. The van der Waals surface area contributed by atoms with Gasteiger partial charge in [-0.25, -0.2) is 0 Å². The number of hydrogen-bond donors (Lipinski definition) is 0. The van der Waals surface area contributed by atoms with Gasteiger partial charge in [0.05, 0.1) is 18.7 Å². The summed E-state index contributed by atoms with van der Waals surface area (Å²) >= 11 is 1.74. The second-order valence-electron chi connectivity index (χ2n) is 4.04. The van der Waals surface area contributed by atoms with Crippen LogP contribution in [0, 0.1) is 11.3 Å². The zero-order chi connectivity index (χ0) is 11.2. The Morgan fingerprint density at radius 2 is 2.56 bits per heavy atom. The quantitative estimate of drug-likeness (QED) is 0.736. The second-order valence-corrected chi connectivity index (χ2v) is 5.07. The number of thiophene rings is 1. The van der Waals surface area contributed by atoms with Gasteiger partial charge in [-0.15, -0.1) is 11.3 Å². The van der Waals surface area contributed by atoms with E-state index in [0.29, 0.717) is 12.6 Å². The first-order chi connectivity index (χ1) is 7.88. The van der Waals surface area contributed by atoms with Crippen molar-refractivity contribution in [2.75, 3.05) is 19.7 Å². The lowest BCUT2D eigenvalue weighted by atomic mass is 10.2. The predicted octanol–water partition coefficient (Wildman–Crippen LogP) is 2.25. The summed E-state index contributed by atoms with van der Waals surface area (Å²) in [4.78, 5) is 3.48. The van der Waals surface area contributed by atoms with Gasteiger partial charge in [0.15, 0.2) is 0 Å². The third-order valence-electron chi connectivity index (χ3n) is 2.74. The first-order valence-electron chi connectivity index (χ1n) is 5.62. The number of ether oxygens (including phenoxy) is 1. The van der Waals surface area contributed by atoms with Crippen LogP contribution in [0.5, 0.6) is 0 Å². The topological polar surface area (TPSA) is 36.3 Å². The maximum Gasteiger partial charge on any atom is 0.0870 e. The molecule has 0 bridgehead atoms. The molecule has 0 aromatic carbocycles. The lowest BCUT2D eigenvalue weighted by molar-refractivity contribution is 0.0754. The fourth-order valence-corrected chi connectivity index (χ4v) is 2.73. The van der Waals surface area contributed by atoms with E-state index in [0.717, 1.165) is 32.5 Å². The van der Waals surface area contributed by atoms with Crippen molar-refractivity contribution in [2.45, 2.75) is 25.5 Å². The summed E-state index contributed by atoms with van der Waals surface area (Å²) in [6.07, 6.45) is 2.62. The first-order valence-corrected chi connectivity index (χ1v) is 6.50. The van der Waals surface area contributed by atoms with Gasteiger partial charge in [-0.3, -0.25) is 4.90 Å². The minimum Gasteiger partial charge on any atom is -0.377 e. The van der Waals surface area contributed by atoms with Gasteiger partial charge in [0.1, 0.15) is 0 Å². The van der Waals surface area contributed by atoms with Crippen LogP contribution in [-0.4, -0.2) is 30.7 Å². The SMILES string of the molecule is N#CCN(Cc1cccs1)CC1CCCO1. The number of hydrogen-bond acceptors (Lipinski definition) is 4. The zero-order valence-corrected chi connectivity index (χ0v) is 10.1. The summed E-state index contributed by atoms with van der Waals surface area (Å²) in [6, 6.07) is 6.40. The molecule has 1 aliphatic rings. The maximum absolute atomic E-state index is 8.81. The van der Waals surface area contributed by atoms with E-state index >= 15 is 0 Å². The Bertz CT molecular complexity index is 338. The van der Waals surface area contributed by atoms with E-state index in [1.165, 1.54) is 4.88 Å². The monoisotopic (exact) mass is 236 g/mol. The fraction of sp³-hybridized carbons (Fsp3) is 0.583. The van der Waals surface area contributed by atoms with Crippen molar-refractivity contribution in [1.82, 2.24) is 4.90 Å². The van der Waals surface area contributed by atoms with E-state index < -0.39 is 0 Å². The maximum atomic E-state index is 8.81. The van der Waals surface area contributed by atoms with Crippen LogP contribution >= 0.6 is 11.3 Å². The highest BCUT2D eigenvalue weighted by molar-refractivity contribution is 7.09. The van der Waals surface area contributed by atoms with E-state index in [1.54, 1.807) is 11.3 Å². The van der Waals surface area contributed by atoms with Crippen LogP contribution < -0.4 is 0 Å². The molecule has 0 saturated carbocycles. The van der Waals surface area contributed by atoms with Gasteiger partial charge in [0.25, 0.3) is 0 Å². The Kier molecular flexibility index (Phi) is 4.34. The Balaban J connectivity index is 1.86. The lowest BCUT2D eigenvalue weighted by Crippen LogP contribution is -2.31. The van der Waals surface area contributed by atoms with Crippen molar-refractivity contribution in [1.29, 1.82) is 5.26 Å². The van der Waals surface area contributed by atoms with Gasteiger partial charge < -0.3 is 4.74 Å². The molecule has 16 heavy (non-hydrogen) atoms. The summed E-state index contributed by atoms with van der Waals surface area (Å²) < 4.78 is 5.60. The van der Waals surface area contributed by atoms with E-state index in [2.05, 4.69) is 28.5 Å². The summed E-state index contributed by atoms with van der Waals surface area (Å²) in [7, 11) is 0. The summed E-state index contributed by atoms with van der Waals surface area (Å²) in [6.45, 7) is 3.11. The third-order valence-corrected chi connectivity index (χ3v) is 3.60. The largest absolute Gasteiger partial charge is 0.377 e. The van der Waals surface area contributed by atoms with E-state index in [9.17, 15) is 0 Å². The molecule has 1 unspecified atom stereocenters. The molecular formula is C12H16N2OS. The Morgan fingerprint density at radius 1 is 1.62 bits per heavy atom. The Labute approximate surface area is 100 Å². The van der Waals surface area contributed by atoms with Gasteiger partial charge in [-0.2, -0.15) is 5.26 Å². The van der Waals surface area contributed by atoms with E-state index in [-0.39, 0.29) is 0 Å². The minimum absolute atomic E-state index is 0.327. The van der Waals surface area contributed by atoms with Crippen molar-refractivity contribution in [3.05, 3.63) is 22.4 Å². The number of rotatable bonds is 5. The molecule has 1 aromatic rings. The molecule has 0 aliphatic carbocycles. The highest BCUT2D eigenvalue weighted by Gasteiger charge is 2.19. The summed E-state index contributed by atoms with van der Waals surface area (Å²) in [5.74, 6) is 0. The van der Waals surface area contributed by atoms with Crippen molar-refractivity contribution in [2.24, 2.45) is 0 Å². The molecule has 4 heteroatoms. The van der Waals surface area contributed by atoms with Gasteiger partial charge in [-0.05, 0) is 24.3 Å². The zero-order valence-electron chi connectivity index (χ0n) is 9.26. The van der Waals surface area contributed by atoms with Crippen molar-refractivity contribution in [3.8, 4) is 6.07 Å². The average molecular weight is 236 g/mol.